The summed E-state index contributed by atoms with van der Waals surface area (Å²) >= 11 is 0. The first-order chi connectivity index (χ1) is 20.8. The van der Waals surface area contributed by atoms with E-state index in [4.69, 9.17) is 0 Å². The van der Waals surface area contributed by atoms with Gasteiger partial charge in [-0.3, -0.25) is 0 Å². The summed E-state index contributed by atoms with van der Waals surface area (Å²) in [5, 5.41) is 3.96. The Morgan fingerprint density at radius 2 is 1.40 bits per heavy atom. The molecule has 1 aliphatic carbocycles. The van der Waals surface area contributed by atoms with Crippen molar-refractivity contribution in [2.75, 3.05) is 0 Å². The van der Waals surface area contributed by atoms with E-state index in [1.165, 1.54) is 0 Å². The molecule has 0 bridgehead atoms. The first-order valence-electron chi connectivity index (χ1n) is 14.7. The maximum atomic E-state index is 15.3. The van der Waals surface area contributed by atoms with Crippen LogP contribution >= 0.6 is 14.3 Å². The van der Waals surface area contributed by atoms with Gasteiger partial charge in [0.15, 0.2) is 7.14 Å². The SMILES string of the molecule is C=C.C=CC(C)P(=O)(C(/C=C\C)=C/C)c1ccc(P(=O)(c2ccccc2)c2ccccc2)c2c1CC=CC=C2.C=CCC. The van der Waals surface area contributed by atoms with E-state index in [0.717, 1.165) is 44.1 Å². The smallest absolute Gasteiger partial charge is 0.171 e. The van der Waals surface area contributed by atoms with Crippen LogP contribution in [0.3, 0.4) is 0 Å². The molecule has 0 saturated heterocycles. The highest BCUT2D eigenvalue weighted by atomic mass is 31.2. The Balaban J connectivity index is 0.000000993. The molecule has 2 unspecified atom stereocenters. The Kier molecular flexibility index (Phi) is 14.4. The average Bonchev–Trinajstić information content (AvgIpc) is 3.34. The minimum absolute atomic E-state index is 0.254. The minimum atomic E-state index is -3.22. The quantitative estimate of drug-likeness (QED) is 0.138. The second-order valence-corrected chi connectivity index (χ2v) is 15.7. The molecule has 1 aliphatic rings. The van der Waals surface area contributed by atoms with Crippen LogP contribution in [0.25, 0.3) is 6.08 Å². The lowest BCUT2D eigenvalue weighted by Crippen LogP contribution is -2.30. The van der Waals surface area contributed by atoms with E-state index in [9.17, 15) is 0 Å². The summed E-state index contributed by atoms with van der Waals surface area (Å²) in [4.78, 5) is 0. The molecule has 4 rings (SSSR count). The average molecular weight is 609 g/mol. The molecule has 0 radical (unpaired) electrons. The molecular weight excluding hydrogens is 562 g/mol. The fourth-order valence-corrected chi connectivity index (χ4v) is 11.1. The maximum Gasteiger partial charge on any atom is 0.171 e. The summed E-state index contributed by atoms with van der Waals surface area (Å²) < 4.78 is 30.3. The number of fused-ring (bicyclic) bond motifs is 1. The topological polar surface area (TPSA) is 34.1 Å². The van der Waals surface area contributed by atoms with Crippen LogP contribution in [0.4, 0.5) is 0 Å². The first-order valence-corrected chi connectivity index (χ1v) is 18.2. The van der Waals surface area contributed by atoms with Crippen molar-refractivity contribution in [1.29, 1.82) is 0 Å². The molecular formula is C39H46O2P2. The van der Waals surface area contributed by atoms with Gasteiger partial charge in [-0.2, -0.15) is 0 Å². The van der Waals surface area contributed by atoms with Crippen LogP contribution in [-0.2, 0) is 15.6 Å². The largest absolute Gasteiger partial charge is 0.313 e. The van der Waals surface area contributed by atoms with E-state index in [1.54, 1.807) is 6.08 Å². The van der Waals surface area contributed by atoms with Crippen LogP contribution in [0.2, 0.25) is 0 Å². The van der Waals surface area contributed by atoms with Crippen molar-refractivity contribution in [3.05, 3.63) is 164 Å². The molecule has 224 valence electrons. The molecule has 0 aliphatic heterocycles. The van der Waals surface area contributed by atoms with Crippen molar-refractivity contribution < 1.29 is 9.13 Å². The molecule has 0 N–H and O–H groups in total. The van der Waals surface area contributed by atoms with Crippen molar-refractivity contribution in [3.63, 3.8) is 0 Å². The Hall–Kier alpha value is -3.70. The zero-order valence-electron chi connectivity index (χ0n) is 26.2. The number of hydrogen-bond donors (Lipinski definition) is 0. The fraction of sp³-hybridized carbons (Fsp3) is 0.179. The maximum absolute atomic E-state index is 15.3. The molecule has 3 aromatic carbocycles. The van der Waals surface area contributed by atoms with Crippen LogP contribution in [0.15, 0.2) is 153 Å². The summed E-state index contributed by atoms with van der Waals surface area (Å²) in [5.41, 5.74) is 1.61. The Morgan fingerprint density at radius 1 is 0.860 bits per heavy atom. The van der Waals surface area contributed by atoms with Gasteiger partial charge in [0, 0.05) is 32.2 Å². The number of allylic oxidation sites excluding steroid dienone is 9. The van der Waals surface area contributed by atoms with Crippen LogP contribution in [0.5, 0.6) is 0 Å². The molecule has 2 atom stereocenters. The van der Waals surface area contributed by atoms with E-state index in [-0.39, 0.29) is 5.66 Å². The molecule has 0 heterocycles. The van der Waals surface area contributed by atoms with E-state index >= 15 is 9.13 Å². The predicted octanol–water partition coefficient (Wildman–Crippen LogP) is 9.88. The number of hydrogen-bond acceptors (Lipinski definition) is 2. The lowest BCUT2D eigenvalue weighted by Gasteiger charge is -2.30. The van der Waals surface area contributed by atoms with Crippen LogP contribution < -0.4 is 21.2 Å². The number of rotatable bonds is 9. The highest BCUT2D eigenvalue weighted by molar-refractivity contribution is 7.85. The molecule has 0 fully saturated rings. The van der Waals surface area contributed by atoms with E-state index in [0.29, 0.717) is 6.42 Å². The zero-order chi connectivity index (χ0) is 31.9. The van der Waals surface area contributed by atoms with Gasteiger partial charge < -0.3 is 9.13 Å². The van der Waals surface area contributed by atoms with Crippen molar-refractivity contribution >= 4 is 41.6 Å². The Labute approximate surface area is 260 Å². The van der Waals surface area contributed by atoms with Gasteiger partial charge in [0.2, 0.25) is 0 Å². The molecule has 0 amide bonds. The van der Waals surface area contributed by atoms with Gasteiger partial charge in [-0.25, -0.2) is 0 Å². The number of benzene rings is 3. The van der Waals surface area contributed by atoms with Gasteiger partial charge in [0.1, 0.15) is 7.14 Å². The van der Waals surface area contributed by atoms with Crippen molar-refractivity contribution in [1.82, 2.24) is 0 Å². The van der Waals surface area contributed by atoms with Crippen molar-refractivity contribution in [2.24, 2.45) is 0 Å². The van der Waals surface area contributed by atoms with E-state index < -0.39 is 14.3 Å². The van der Waals surface area contributed by atoms with Crippen LogP contribution in [0, 0.1) is 0 Å². The predicted molar refractivity (Wildman–Crippen MR) is 195 cm³/mol. The highest BCUT2D eigenvalue weighted by Gasteiger charge is 2.38. The summed E-state index contributed by atoms with van der Waals surface area (Å²) in [5.74, 6) is 0. The molecule has 4 heteroatoms. The van der Waals surface area contributed by atoms with Gasteiger partial charge in [-0.15, -0.1) is 26.3 Å². The third kappa shape index (κ3) is 7.64. The van der Waals surface area contributed by atoms with Gasteiger partial charge in [0.25, 0.3) is 0 Å². The van der Waals surface area contributed by atoms with E-state index in [1.807, 2.05) is 136 Å². The van der Waals surface area contributed by atoms with Crippen LogP contribution in [0.1, 0.15) is 45.2 Å². The normalized spacial score (nSPS) is 14.6. The summed E-state index contributed by atoms with van der Waals surface area (Å²) in [6, 6.07) is 23.3. The Bertz CT molecular complexity index is 1530. The summed E-state index contributed by atoms with van der Waals surface area (Å²) in [7, 11) is -6.31. The fourth-order valence-electron chi connectivity index (χ4n) is 5.06. The molecule has 0 spiro atoms. The van der Waals surface area contributed by atoms with Gasteiger partial charge in [-0.1, -0.05) is 135 Å². The molecule has 0 aromatic heterocycles. The van der Waals surface area contributed by atoms with Gasteiger partial charge in [-0.05, 0) is 43.9 Å². The first kappa shape index (κ1) is 35.5. The summed E-state index contributed by atoms with van der Waals surface area (Å²) in [6.45, 7) is 21.4. The lowest BCUT2D eigenvalue weighted by molar-refractivity contribution is 0.582. The minimum Gasteiger partial charge on any atom is -0.313 e. The summed E-state index contributed by atoms with van der Waals surface area (Å²) in [6.07, 6.45) is 19.3. The zero-order valence-corrected chi connectivity index (χ0v) is 27.9. The van der Waals surface area contributed by atoms with Crippen molar-refractivity contribution in [3.8, 4) is 0 Å². The van der Waals surface area contributed by atoms with E-state index in [2.05, 4.69) is 39.3 Å². The highest BCUT2D eigenvalue weighted by Crippen LogP contribution is 2.59. The monoisotopic (exact) mass is 608 g/mol. The molecule has 43 heavy (non-hydrogen) atoms. The molecule has 0 saturated carbocycles. The third-order valence-electron chi connectivity index (χ3n) is 7.30. The molecule has 2 nitrogen and oxygen atoms in total. The lowest BCUT2D eigenvalue weighted by atomic mass is 10.1. The second kappa shape index (κ2) is 17.4. The van der Waals surface area contributed by atoms with Crippen LogP contribution in [-0.4, -0.2) is 5.66 Å². The molecule has 3 aromatic rings. The third-order valence-corrected chi connectivity index (χ3v) is 14.1. The van der Waals surface area contributed by atoms with Crippen molar-refractivity contribution in [2.45, 2.75) is 46.2 Å². The van der Waals surface area contributed by atoms with Gasteiger partial charge >= 0.3 is 0 Å². The standard InChI is InChI=1S/C33H34O2P2.C4H8.C2H4/c1-5-17-27(7-3)36(34,26(4)6-2)32-24-25-33(31-23-16-10-15-22-30(31)32)37(35,28-18-11-8-12-19-28)29-20-13-9-14-21-29;1-3-4-2;1-2/h5-21,23-26H,2,22H2,1,3-4H3;3H,1,4H2,2H3;1-2H2/b17-5-,27-7+;;. The van der Waals surface area contributed by atoms with Gasteiger partial charge in [0.05, 0.1) is 0 Å². The second-order valence-electron chi connectivity index (χ2n) is 9.81. The Morgan fingerprint density at radius 3 is 1.86 bits per heavy atom.